The van der Waals surface area contributed by atoms with Gasteiger partial charge in [-0.2, -0.15) is 10.2 Å². The van der Waals surface area contributed by atoms with Crippen LogP contribution in [0.4, 0.5) is 15.8 Å². The largest absolute Gasteiger partial charge is 0.322 e. The smallest absolute Gasteiger partial charge is 0.312 e. The van der Waals surface area contributed by atoms with Crippen LogP contribution in [0.15, 0.2) is 36.7 Å². The first-order valence-electron chi connectivity index (χ1n) is 8.54. The number of aryl methyl sites for hydroxylation is 1. The van der Waals surface area contributed by atoms with Crippen molar-refractivity contribution in [1.29, 1.82) is 0 Å². The Balaban J connectivity index is 1.71. The van der Waals surface area contributed by atoms with Gasteiger partial charge >= 0.3 is 5.69 Å². The molecule has 0 saturated heterocycles. The molecule has 0 aliphatic heterocycles. The van der Waals surface area contributed by atoms with Crippen LogP contribution in [0.2, 0.25) is 0 Å². The number of hydrogen-bond donors (Lipinski definition) is 1. The van der Waals surface area contributed by atoms with Crippen LogP contribution in [-0.4, -0.2) is 30.4 Å². The van der Waals surface area contributed by atoms with Gasteiger partial charge < -0.3 is 5.32 Å². The molecule has 2 aromatic heterocycles. The van der Waals surface area contributed by atoms with E-state index in [4.69, 9.17) is 0 Å². The van der Waals surface area contributed by atoms with Gasteiger partial charge in [-0.1, -0.05) is 12.1 Å². The minimum atomic E-state index is -0.751. The summed E-state index contributed by atoms with van der Waals surface area (Å²) in [5.74, 6) is -0.711. The number of benzene rings is 1. The van der Waals surface area contributed by atoms with E-state index in [1.165, 1.54) is 29.9 Å². The average molecular weight is 386 g/mol. The van der Waals surface area contributed by atoms with Crippen LogP contribution in [0.3, 0.4) is 0 Å². The fourth-order valence-corrected chi connectivity index (χ4v) is 2.99. The predicted molar refractivity (Wildman–Crippen MR) is 99.4 cm³/mol. The molecule has 1 unspecified atom stereocenters. The number of nitrogens with zero attached hydrogens (tertiary/aromatic N) is 5. The Morgan fingerprint density at radius 2 is 2.14 bits per heavy atom. The molecular formula is C18H19FN6O3. The van der Waals surface area contributed by atoms with Crippen LogP contribution in [0.5, 0.6) is 0 Å². The van der Waals surface area contributed by atoms with Gasteiger partial charge in [0, 0.05) is 6.20 Å². The normalized spacial score (nSPS) is 12.0. The van der Waals surface area contributed by atoms with Gasteiger partial charge in [-0.3, -0.25) is 24.3 Å². The lowest BCUT2D eigenvalue weighted by Gasteiger charge is -2.13. The van der Waals surface area contributed by atoms with Gasteiger partial charge in [0.1, 0.15) is 23.2 Å². The van der Waals surface area contributed by atoms with Crippen LogP contribution in [0.25, 0.3) is 0 Å². The highest BCUT2D eigenvalue weighted by atomic mass is 19.1. The first-order valence-corrected chi connectivity index (χ1v) is 8.54. The number of carbonyl (C=O) groups excluding carboxylic acids is 1. The molecule has 0 fully saturated rings. The van der Waals surface area contributed by atoms with Crippen LogP contribution < -0.4 is 5.32 Å². The minimum absolute atomic E-state index is 0.0948. The van der Waals surface area contributed by atoms with E-state index >= 15 is 0 Å². The molecule has 1 N–H and O–H groups in total. The third-order valence-corrected chi connectivity index (χ3v) is 4.35. The van der Waals surface area contributed by atoms with Crippen LogP contribution in [-0.2, 0) is 11.3 Å². The summed E-state index contributed by atoms with van der Waals surface area (Å²) in [4.78, 5) is 23.2. The van der Waals surface area contributed by atoms with E-state index in [9.17, 15) is 19.3 Å². The number of anilines is 1. The molecule has 28 heavy (non-hydrogen) atoms. The average Bonchev–Trinajstić information content (AvgIpc) is 3.17. The maximum Gasteiger partial charge on any atom is 0.312 e. The molecular weight excluding hydrogens is 367 g/mol. The summed E-state index contributed by atoms with van der Waals surface area (Å²) < 4.78 is 16.2. The van der Waals surface area contributed by atoms with E-state index < -0.39 is 11.0 Å². The Labute approximate surface area is 159 Å². The number of hydrogen-bond acceptors (Lipinski definition) is 5. The molecule has 10 heteroatoms. The lowest BCUT2D eigenvalue weighted by atomic mass is 10.2. The molecule has 0 aliphatic carbocycles. The van der Waals surface area contributed by atoms with Crippen molar-refractivity contribution in [2.45, 2.75) is 33.4 Å². The molecule has 146 valence electrons. The van der Waals surface area contributed by atoms with Crippen molar-refractivity contribution >= 4 is 17.3 Å². The molecule has 0 spiro atoms. The lowest BCUT2D eigenvalue weighted by Crippen LogP contribution is -2.25. The highest BCUT2D eigenvalue weighted by molar-refractivity contribution is 5.93. The summed E-state index contributed by atoms with van der Waals surface area (Å²) in [6.45, 7) is 5.05. The summed E-state index contributed by atoms with van der Waals surface area (Å²) in [6, 6.07) is 5.42. The quantitative estimate of drug-likeness (QED) is 0.517. The number of rotatable bonds is 6. The summed E-state index contributed by atoms with van der Waals surface area (Å²) >= 11 is 0. The molecule has 0 bridgehead atoms. The summed E-state index contributed by atoms with van der Waals surface area (Å²) in [5.41, 5.74) is 1.67. The van der Waals surface area contributed by atoms with Crippen molar-refractivity contribution in [2.75, 3.05) is 5.32 Å². The van der Waals surface area contributed by atoms with E-state index in [2.05, 4.69) is 15.5 Å². The van der Waals surface area contributed by atoms with Gasteiger partial charge in [0.05, 0.1) is 23.4 Å². The van der Waals surface area contributed by atoms with Gasteiger partial charge in [0.2, 0.25) is 5.91 Å². The first kappa shape index (κ1) is 19.2. The molecule has 2 heterocycles. The topological polar surface area (TPSA) is 108 Å². The van der Waals surface area contributed by atoms with Crippen molar-refractivity contribution < 1.29 is 14.1 Å². The second kappa shape index (κ2) is 7.59. The maximum atomic E-state index is 13.3. The van der Waals surface area contributed by atoms with Crippen molar-refractivity contribution in [2.24, 2.45) is 0 Å². The molecule has 0 saturated carbocycles. The third kappa shape index (κ3) is 3.90. The number of nitro groups is 1. The van der Waals surface area contributed by atoms with E-state index in [1.807, 2.05) is 0 Å². The molecule has 9 nitrogen and oxygen atoms in total. The van der Waals surface area contributed by atoms with Crippen LogP contribution >= 0.6 is 0 Å². The van der Waals surface area contributed by atoms with Gasteiger partial charge in [0.25, 0.3) is 0 Å². The zero-order valence-electron chi connectivity index (χ0n) is 15.6. The standard InChI is InChI=1S/C18H19FN6O3/c1-11-17(25(27)28)12(2)24(22-11)13(3)18(26)21-16-8-20-23(10-16)9-14-5-4-6-15(19)7-14/h4-8,10,13H,9H2,1-3H3,(H,21,26). The van der Waals surface area contributed by atoms with Gasteiger partial charge in [0.15, 0.2) is 0 Å². The predicted octanol–water partition coefficient (Wildman–Crippen LogP) is 2.99. The molecule has 1 aromatic carbocycles. The minimum Gasteiger partial charge on any atom is -0.322 e. The van der Waals surface area contributed by atoms with Crippen molar-refractivity contribution in [1.82, 2.24) is 19.6 Å². The first-order chi connectivity index (χ1) is 13.3. The molecule has 3 aromatic rings. The third-order valence-electron chi connectivity index (χ3n) is 4.35. The van der Waals surface area contributed by atoms with Crippen molar-refractivity contribution in [3.8, 4) is 0 Å². The number of halogens is 1. The number of aromatic nitrogens is 4. The Hall–Kier alpha value is -3.56. The molecule has 1 amide bonds. The van der Waals surface area contributed by atoms with Crippen molar-refractivity contribution in [3.05, 3.63) is 69.5 Å². The van der Waals surface area contributed by atoms with Gasteiger partial charge in [-0.05, 0) is 38.5 Å². The molecule has 0 aliphatic rings. The Morgan fingerprint density at radius 3 is 2.79 bits per heavy atom. The number of amides is 1. The Morgan fingerprint density at radius 1 is 1.39 bits per heavy atom. The van der Waals surface area contributed by atoms with E-state index in [0.29, 0.717) is 17.9 Å². The highest BCUT2D eigenvalue weighted by Crippen LogP contribution is 2.25. The molecule has 0 radical (unpaired) electrons. The molecule has 1 atom stereocenters. The second-order valence-corrected chi connectivity index (χ2v) is 6.44. The summed E-state index contributed by atoms with van der Waals surface area (Å²) in [5, 5.41) is 22.1. The fraction of sp³-hybridized carbons (Fsp3) is 0.278. The Bertz CT molecular complexity index is 1040. The fourth-order valence-electron chi connectivity index (χ4n) is 2.99. The number of carbonyl (C=O) groups is 1. The zero-order valence-corrected chi connectivity index (χ0v) is 15.6. The van der Waals surface area contributed by atoms with Gasteiger partial charge in [-0.15, -0.1) is 0 Å². The van der Waals surface area contributed by atoms with E-state index in [1.54, 1.807) is 36.9 Å². The number of nitrogens with one attached hydrogen (secondary N) is 1. The SMILES string of the molecule is Cc1nn(C(C)C(=O)Nc2cnn(Cc3cccc(F)c3)c2)c(C)c1[N+](=O)[O-]. The Kier molecular flexibility index (Phi) is 5.21. The van der Waals surface area contributed by atoms with Crippen LogP contribution in [0, 0.1) is 29.8 Å². The van der Waals surface area contributed by atoms with E-state index in [-0.39, 0.29) is 23.1 Å². The monoisotopic (exact) mass is 386 g/mol. The zero-order chi connectivity index (χ0) is 20.4. The van der Waals surface area contributed by atoms with Gasteiger partial charge in [-0.25, -0.2) is 4.39 Å². The second-order valence-electron chi connectivity index (χ2n) is 6.44. The lowest BCUT2D eigenvalue weighted by molar-refractivity contribution is -0.386. The van der Waals surface area contributed by atoms with Crippen molar-refractivity contribution in [3.63, 3.8) is 0 Å². The summed E-state index contributed by atoms with van der Waals surface area (Å²) in [6.07, 6.45) is 3.10. The highest BCUT2D eigenvalue weighted by Gasteiger charge is 2.27. The molecule has 3 rings (SSSR count). The summed E-state index contributed by atoms with van der Waals surface area (Å²) in [7, 11) is 0. The van der Waals surface area contributed by atoms with Crippen LogP contribution in [0.1, 0.15) is 29.9 Å². The maximum absolute atomic E-state index is 13.3. The van der Waals surface area contributed by atoms with E-state index in [0.717, 1.165) is 5.56 Å².